The Bertz CT molecular complexity index is 1120. The van der Waals surface area contributed by atoms with Gasteiger partial charge in [-0.15, -0.1) is 0 Å². The highest BCUT2D eigenvalue weighted by atomic mass is 31.2. The third-order valence-electron chi connectivity index (χ3n) is 14.0. The van der Waals surface area contributed by atoms with Gasteiger partial charge in [-0.25, -0.2) is 4.57 Å². The van der Waals surface area contributed by atoms with E-state index in [1.807, 2.05) is 21.1 Å². The van der Waals surface area contributed by atoms with Crippen LogP contribution in [0.3, 0.4) is 0 Å². The van der Waals surface area contributed by atoms with Crippen LogP contribution in [0.4, 0.5) is 0 Å². The number of carbonyl (C=O) groups excluding carboxylic acids is 1. The molecule has 0 aliphatic rings. The number of aliphatic hydroxyl groups is 1. The summed E-state index contributed by atoms with van der Waals surface area (Å²) >= 11 is 0. The molecule has 0 aromatic carbocycles. The molecule has 3 atom stereocenters. The summed E-state index contributed by atoms with van der Waals surface area (Å²) in [5, 5.41) is 14.1. The van der Waals surface area contributed by atoms with Gasteiger partial charge >= 0.3 is 7.82 Å². The van der Waals surface area contributed by atoms with Gasteiger partial charge in [0, 0.05) is 6.42 Å². The molecule has 68 heavy (non-hydrogen) atoms. The van der Waals surface area contributed by atoms with Crippen LogP contribution >= 0.6 is 7.82 Å². The van der Waals surface area contributed by atoms with E-state index in [4.69, 9.17) is 9.05 Å². The third-order valence-corrected chi connectivity index (χ3v) is 15.0. The Morgan fingerprint density at radius 1 is 0.485 bits per heavy atom. The van der Waals surface area contributed by atoms with Gasteiger partial charge in [0.15, 0.2) is 0 Å². The maximum atomic E-state index is 13.0. The summed E-state index contributed by atoms with van der Waals surface area (Å²) in [5.41, 5.74) is 0. The predicted octanol–water partition coefficient (Wildman–Crippen LogP) is 18.2. The number of carbonyl (C=O) groups is 1. The number of likely N-dealkylation sites (N-methyl/N-ethyl adjacent to an activating group) is 1. The van der Waals surface area contributed by atoms with E-state index in [0.29, 0.717) is 23.9 Å². The Balaban J connectivity index is 4.12. The monoisotopic (exact) mass is 984 g/mol. The lowest BCUT2D eigenvalue weighted by atomic mass is 10.0. The Kier molecular flexibility index (Phi) is 50.6. The molecule has 0 bridgehead atoms. The molecule has 0 aromatic heterocycles. The lowest BCUT2D eigenvalue weighted by Crippen LogP contribution is -2.46. The molecule has 8 nitrogen and oxygen atoms in total. The first-order chi connectivity index (χ1) is 33.0. The molecule has 0 fully saturated rings. The zero-order valence-electron chi connectivity index (χ0n) is 46.4. The van der Waals surface area contributed by atoms with Crippen LogP contribution in [-0.2, 0) is 18.4 Å². The van der Waals surface area contributed by atoms with Crippen LogP contribution in [0.15, 0.2) is 12.2 Å². The number of amides is 1. The lowest BCUT2D eigenvalue weighted by Gasteiger charge is -2.26. The van der Waals surface area contributed by atoms with Crippen molar-refractivity contribution < 1.29 is 32.9 Å². The number of allylic oxidation sites excluding steroid dienone is 2. The summed E-state index contributed by atoms with van der Waals surface area (Å²) in [6, 6.07) is -0.760. The summed E-state index contributed by atoms with van der Waals surface area (Å²) < 4.78 is 23.8. The van der Waals surface area contributed by atoms with Crippen molar-refractivity contribution >= 4 is 13.7 Å². The van der Waals surface area contributed by atoms with Gasteiger partial charge in [-0.05, 0) is 38.5 Å². The van der Waals surface area contributed by atoms with Crippen molar-refractivity contribution in [1.29, 1.82) is 0 Å². The highest BCUT2D eigenvalue weighted by Gasteiger charge is 2.28. The van der Waals surface area contributed by atoms with Crippen LogP contribution in [0, 0.1) is 0 Å². The van der Waals surface area contributed by atoms with E-state index < -0.39 is 20.0 Å². The second-order valence-corrected chi connectivity index (χ2v) is 23.5. The SMILES string of the molecule is CCCCCCCCCC/C=C\CCCCCCCCCCCC(=O)NC(COP(=O)(O)OCC[N+](C)(C)C)C(O)CCCCCCCCCCCCCCCCCCCCCCCCCCC. The highest BCUT2D eigenvalue weighted by Crippen LogP contribution is 2.43. The molecule has 0 aromatic rings. The smallest absolute Gasteiger partial charge is 0.391 e. The largest absolute Gasteiger partial charge is 0.472 e. The van der Waals surface area contributed by atoms with E-state index in [9.17, 15) is 19.4 Å². The van der Waals surface area contributed by atoms with Gasteiger partial charge in [-0.2, -0.15) is 0 Å². The van der Waals surface area contributed by atoms with Crippen LogP contribution < -0.4 is 5.32 Å². The minimum absolute atomic E-state index is 0.0769. The Morgan fingerprint density at radius 3 is 1.13 bits per heavy atom. The first-order valence-corrected chi connectivity index (χ1v) is 31.5. The summed E-state index contributed by atoms with van der Waals surface area (Å²) in [5.74, 6) is -0.141. The molecule has 3 N–H and O–H groups in total. The number of phosphoric ester groups is 1. The fourth-order valence-electron chi connectivity index (χ4n) is 9.28. The minimum atomic E-state index is -4.32. The number of hydrogen-bond acceptors (Lipinski definition) is 5. The number of unbranched alkanes of at least 4 members (excludes halogenated alkanes) is 41. The fraction of sp³-hybridized carbons (Fsp3) is 0.949. The normalized spacial score (nSPS) is 13.9. The number of hydrogen-bond donors (Lipinski definition) is 3. The van der Waals surface area contributed by atoms with Crippen molar-refractivity contribution in [2.24, 2.45) is 0 Å². The molecule has 3 unspecified atom stereocenters. The number of nitrogens with zero attached hydrogens (tertiary/aromatic N) is 1. The van der Waals surface area contributed by atoms with Gasteiger partial charge in [-0.1, -0.05) is 276 Å². The van der Waals surface area contributed by atoms with E-state index in [1.165, 1.54) is 244 Å². The average molecular weight is 985 g/mol. The van der Waals surface area contributed by atoms with Gasteiger partial charge in [0.1, 0.15) is 13.2 Å². The fourth-order valence-corrected chi connectivity index (χ4v) is 10.0. The predicted molar refractivity (Wildman–Crippen MR) is 295 cm³/mol. The van der Waals surface area contributed by atoms with E-state index in [1.54, 1.807) is 0 Å². The molecule has 0 aliphatic heterocycles. The molecule has 406 valence electrons. The lowest BCUT2D eigenvalue weighted by molar-refractivity contribution is -0.870. The van der Waals surface area contributed by atoms with Gasteiger partial charge in [0.2, 0.25) is 5.91 Å². The average Bonchev–Trinajstić information content (AvgIpc) is 3.30. The van der Waals surface area contributed by atoms with E-state index in [-0.39, 0.29) is 19.1 Å². The van der Waals surface area contributed by atoms with Crippen LogP contribution in [0.5, 0.6) is 0 Å². The highest BCUT2D eigenvalue weighted by molar-refractivity contribution is 7.47. The van der Waals surface area contributed by atoms with Gasteiger partial charge in [0.25, 0.3) is 0 Å². The third kappa shape index (κ3) is 53.0. The first kappa shape index (κ1) is 67.2. The van der Waals surface area contributed by atoms with Crippen LogP contribution in [0.1, 0.15) is 309 Å². The molecule has 0 heterocycles. The summed E-state index contributed by atoms with van der Waals surface area (Å²) in [6.07, 6.45) is 62.7. The van der Waals surface area contributed by atoms with Gasteiger partial charge in [-0.3, -0.25) is 13.8 Å². The Morgan fingerprint density at radius 2 is 0.794 bits per heavy atom. The molecule has 0 rings (SSSR count). The molecule has 0 aliphatic carbocycles. The van der Waals surface area contributed by atoms with Crippen LogP contribution in [0.25, 0.3) is 0 Å². The number of phosphoric acid groups is 1. The second kappa shape index (κ2) is 51.2. The Hall–Kier alpha value is -0.760. The van der Waals surface area contributed by atoms with Crippen molar-refractivity contribution in [2.45, 2.75) is 321 Å². The molecular formula is C59H120N2O6P+. The summed E-state index contributed by atoms with van der Waals surface area (Å²) in [6.45, 7) is 4.94. The first-order valence-electron chi connectivity index (χ1n) is 30.1. The quantitative estimate of drug-likeness (QED) is 0.0243. The number of nitrogens with one attached hydrogen (secondary N) is 1. The van der Waals surface area contributed by atoms with E-state index in [2.05, 4.69) is 31.3 Å². The minimum Gasteiger partial charge on any atom is -0.391 e. The molecule has 9 heteroatoms. The standard InChI is InChI=1S/C59H119N2O6P/c1-6-8-10-12-14-16-18-20-22-24-26-28-29-30-31-33-34-36-38-40-42-44-46-48-50-52-58(62)57(56-67-68(64,65)66-55-54-61(3,4)5)60-59(63)53-51-49-47-45-43-41-39-37-35-32-27-25-23-21-19-17-15-13-11-9-7-2/h25,27,57-58,62H,6-24,26,28-56H2,1-5H3,(H-,60,63,64,65)/p+1/b27-25-. The second-order valence-electron chi connectivity index (χ2n) is 22.1. The zero-order valence-corrected chi connectivity index (χ0v) is 47.3. The van der Waals surface area contributed by atoms with E-state index in [0.717, 1.165) is 38.5 Å². The molecule has 0 saturated heterocycles. The Labute approximate surface area is 424 Å². The summed E-state index contributed by atoms with van der Waals surface area (Å²) in [4.78, 5) is 23.4. The molecule has 1 amide bonds. The van der Waals surface area contributed by atoms with Crippen molar-refractivity contribution in [3.63, 3.8) is 0 Å². The van der Waals surface area contributed by atoms with Crippen molar-refractivity contribution in [2.75, 3.05) is 40.9 Å². The molecule has 0 radical (unpaired) electrons. The maximum absolute atomic E-state index is 13.0. The molecule has 0 spiro atoms. The van der Waals surface area contributed by atoms with Crippen molar-refractivity contribution in [3.8, 4) is 0 Å². The van der Waals surface area contributed by atoms with Crippen LogP contribution in [-0.4, -0.2) is 73.4 Å². The van der Waals surface area contributed by atoms with E-state index >= 15 is 0 Å². The number of aliphatic hydroxyl groups excluding tert-OH is 1. The topological polar surface area (TPSA) is 105 Å². The van der Waals surface area contributed by atoms with Crippen molar-refractivity contribution in [1.82, 2.24) is 5.32 Å². The van der Waals surface area contributed by atoms with Gasteiger partial charge < -0.3 is 19.8 Å². The van der Waals surface area contributed by atoms with Gasteiger partial charge in [0.05, 0.1) is 39.9 Å². The molecular weight excluding hydrogens is 864 g/mol. The zero-order chi connectivity index (χ0) is 49.9. The number of rotatable bonds is 56. The van der Waals surface area contributed by atoms with Crippen LogP contribution in [0.2, 0.25) is 0 Å². The number of quaternary nitrogens is 1. The molecule has 0 saturated carbocycles. The maximum Gasteiger partial charge on any atom is 0.472 e. The van der Waals surface area contributed by atoms with Crippen molar-refractivity contribution in [3.05, 3.63) is 12.2 Å². The summed E-state index contributed by atoms with van der Waals surface area (Å²) in [7, 11) is 1.63.